The number of phenolic OH excluding ortho intramolecular Hbond substituents is 1. The molecule has 0 aliphatic carbocycles. The standard InChI is InChI=1S/C37H48N4O5/c1-25(2)20-32(40-37(45)41-18-10-5-6-11-19-41)35(43)39-33(36(44)38-31-21-27(4)34(42)22-26(31)3)23-28-14-16-30(17-15-28)46-24-29-12-8-7-9-13-29/h7-9,12-17,21-22,25,32-33,42H,5-6,10-11,18-20,23-24H2,1-4H3,(H,38,44)(H,39,43)(H,40,45)/t32-,33-/m0/s1. The highest BCUT2D eigenvalue weighted by molar-refractivity contribution is 5.99. The summed E-state index contributed by atoms with van der Waals surface area (Å²) < 4.78 is 5.93. The van der Waals surface area contributed by atoms with Gasteiger partial charge in [-0.05, 0) is 85.5 Å². The average molecular weight is 629 g/mol. The van der Waals surface area contributed by atoms with E-state index < -0.39 is 23.9 Å². The molecule has 1 aliphatic heterocycles. The van der Waals surface area contributed by atoms with E-state index in [0.717, 1.165) is 36.8 Å². The molecule has 1 fully saturated rings. The van der Waals surface area contributed by atoms with Gasteiger partial charge in [0.25, 0.3) is 0 Å². The van der Waals surface area contributed by atoms with Crippen LogP contribution in [0, 0.1) is 19.8 Å². The maximum absolute atomic E-state index is 13.8. The van der Waals surface area contributed by atoms with Gasteiger partial charge in [0.1, 0.15) is 30.2 Å². The molecule has 246 valence electrons. The minimum atomic E-state index is -0.929. The number of aromatic hydroxyl groups is 1. The van der Waals surface area contributed by atoms with Crippen LogP contribution in [0.1, 0.15) is 68.2 Å². The van der Waals surface area contributed by atoms with Gasteiger partial charge in [-0.1, -0.05) is 69.2 Å². The van der Waals surface area contributed by atoms with Crippen LogP contribution in [0.5, 0.6) is 11.5 Å². The van der Waals surface area contributed by atoms with E-state index in [1.165, 1.54) is 0 Å². The second-order valence-corrected chi connectivity index (χ2v) is 12.7. The highest BCUT2D eigenvalue weighted by Gasteiger charge is 2.29. The van der Waals surface area contributed by atoms with Crippen molar-refractivity contribution in [3.05, 3.63) is 89.0 Å². The number of nitrogens with zero attached hydrogens (tertiary/aromatic N) is 1. The third-order valence-electron chi connectivity index (χ3n) is 8.26. The summed E-state index contributed by atoms with van der Waals surface area (Å²) in [7, 11) is 0. The molecule has 0 aromatic heterocycles. The summed E-state index contributed by atoms with van der Waals surface area (Å²) in [6.45, 7) is 9.34. The van der Waals surface area contributed by atoms with Crippen LogP contribution in [-0.4, -0.2) is 53.0 Å². The first-order chi connectivity index (χ1) is 22.1. The lowest BCUT2D eigenvalue weighted by atomic mass is 10.0. The van der Waals surface area contributed by atoms with E-state index in [1.807, 2.05) is 68.4 Å². The molecule has 0 saturated carbocycles. The van der Waals surface area contributed by atoms with Crippen molar-refractivity contribution in [1.29, 1.82) is 0 Å². The fraction of sp³-hybridized carbons (Fsp3) is 0.432. The Bertz CT molecular complexity index is 1450. The number of carbonyl (C=O) groups is 3. The lowest BCUT2D eigenvalue weighted by molar-refractivity contribution is -0.128. The van der Waals surface area contributed by atoms with Crippen LogP contribution in [0.25, 0.3) is 0 Å². The van der Waals surface area contributed by atoms with Crippen LogP contribution in [0.3, 0.4) is 0 Å². The molecule has 1 heterocycles. The van der Waals surface area contributed by atoms with Gasteiger partial charge in [0.2, 0.25) is 11.8 Å². The third-order valence-corrected chi connectivity index (χ3v) is 8.26. The predicted octanol–water partition coefficient (Wildman–Crippen LogP) is 6.25. The number of amides is 4. The van der Waals surface area contributed by atoms with Gasteiger partial charge in [0.05, 0.1) is 0 Å². The number of carbonyl (C=O) groups excluding carboxylic acids is 3. The van der Waals surface area contributed by atoms with E-state index in [9.17, 15) is 19.5 Å². The third kappa shape index (κ3) is 10.3. The van der Waals surface area contributed by atoms with Crippen LogP contribution in [-0.2, 0) is 22.6 Å². The Balaban J connectivity index is 1.51. The van der Waals surface area contributed by atoms with Crippen LogP contribution < -0.4 is 20.7 Å². The zero-order valence-electron chi connectivity index (χ0n) is 27.5. The van der Waals surface area contributed by atoms with Gasteiger partial charge in [-0.25, -0.2) is 4.79 Å². The number of phenols is 1. The Morgan fingerprint density at radius 3 is 2.13 bits per heavy atom. The Morgan fingerprint density at radius 2 is 1.48 bits per heavy atom. The van der Waals surface area contributed by atoms with Gasteiger partial charge >= 0.3 is 6.03 Å². The van der Waals surface area contributed by atoms with Crippen LogP contribution in [0.4, 0.5) is 10.5 Å². The van der Waals surface area contributed by atoms with E-state index in [-0.39, 0.29) is 24.1 Å². The first-order valence-electron chi connectivity index (χ1n) is 16.3. The second-order valence-electron chi connectivity index (χ2n) is 12.7. The van der Waals surface area contributed by atoms with Gasteiger partial charge in [-0.2, -0.15) is 0 Å². The lowest BCUT2D eigenvalue weighted by Gasteiger charge is -2.27. The highest BCUT2D eigenvalue weighted by Crippen LogP contribution is 2.25. The summed E-state index contributed by atoms with van der Waals surface area (Å²) >= 11 is 0. The van der Waals surface area contributed by atoms with Crippen molar-refractivity contribution in [2.75, 3.05) is 18.4 Å². The fourth-order valence-corrected chi connectivity index (χ4v) is 5.55. The molecule has 0 spiro atoms. The number of hydrogen-bond donors (Lipinski definition) is 4. The number of ether oxygens (including phenoxy) is 1. The molecule has 2 atom stereocenters. The van der Waals surface area contributed by atoms with E-state index in [2.05, 4.69) is 16.0 Å². The van der Waals surface area contributed by atoms with Crippen molar-refractivity contribution in [3.63, 3.8) is 0 Å². The van der Waals surface area contributed by atoms with Gasteiger partial charge in [0.15, 0.2) is 0 Å². The van der Waals surface area contributed by atoms with Crippen molar-refractivity contribution in [2.24, 2.45) is 5.92 Å². The van der Waals surface area contributed by atoms with Crippen LogP contribution in [0.2, 0.25) is 0 Å². The summed E-state index contributed by atoms with van der Waals surface area (Å²) in [5.74, 6) is 0.178. The number of urea groups is 1. The number of likely N-dealkylation sites (tertiary alicyclic amines) is 1. The number of benzene rings is 3. The van der Waals surface area contributed by atoms with Crippen molar-refractivity contribution in [3.8, 4) is 11.5 Å². The van der Waals surface area contributed by atoms with Crippen molar-refractivity contribution in [1.82, 2.24) is 15.5 Å². The van der Waals surface area contributed by atoms with Crippen molar-refractivity contribution in [2.45, 2.75) is 84.9 Å². The molecule has 3 aromatic carbocycles. The minimum absolute atomic E-state index is 0.138. The molecule has 0 unspecified atom stereocenters. The predicted molar refractivity (Wildman–Crippen MR) is 181 cm³/mol. The zero-order chi connectivity index (χ0) is 33.1. The molecule has 0 radical (unpaired) electrons. The van der Waals surface area contributed by atoms with Gasteiger partial charge in [-0.15, -0.1) is 0 Å². The maximum Gasteiger partial charge on any atom is 0.318 e. The summed E-state index contributed by atoms with van der Waals surface area (Å²) in [5.41, 5.74) is 3.77. The highest BCUT2D eigenvalue weighted by atomic mass is 16.5. The average Bonchev–Trinajstić information content (AvgIpc) is 3.33. The topological polar surface area (TPSA) is 120 Å². The molecular weight excluding hydrogens is 580 g/mol. The number of hydrogen-bond acceptors (Lipinski definition) is 5. The molecule has 3 aromatic rings. The number of anilines is 1. The lowest BCUT2D eigenvalue weighted by Crippen LogP contribution is -2.55. The summed E-state index contributed by atoms with van der Waals surface area (Å²) in [5, 5.41) is 19.0. The molecule has 46 heavy (non-hydrogen) atoms. The van der Waals surface area contributed by atoms with E-state index >= 15 is 0 Å². The normalized spacial score (nSPS) is 14.6. The van der Waals surface area contributed by atoms with E-state index in [0.29, 0.717) is 48.7 Å². The number of nitrogens with one attached hydrogen (secondary N) is 3. The smallest absolute Gasteiger partial charge is 0.318 e. The Kier molecular flexibility index (Phi) is 12.5. The molecule has 1 aliphatic rings. The molecule has 4 amide bonds. The number of rotatable bonds is 12. The molecule has 4 rings (SSSR count). The quantitative estimate of drug-likeness (QED) is 0.177. The van der Waals surface area contributed by atoms with Gasteiger partial charge in [-0.3, -0.25) is 9.59 Å². The zero-order valence-corrected chi connectivity index (χ0v) is 27.5. The van der Waals surface area contributed by atoms with Crippen molar-refractivity contribution >= 4 is 23.5 Å². The molecule has 9 heteroatoms. The summed E-state index contributed by atoms with van der Waals surface area (Å²) in [4.78, 5) is 42.5. The summed E-state index contributed by atoms with van der Waals surface area (Å²) in [6.07, 6.45) is 4.74. The fourth-order valence-electron chi connectivity index (χ4n) is 5.55. The Morgan fingerprint density at radius 1 is 0.804 bits per heavy atom. The molecule has 0 bridgehead atoms. The minimum Gasteiger partial charge on any atom is -0.508 e. The molecule has 9 nitrogen and oxygen atoms in total. The Labute approximate surface area is 272 Å². The van der Waals surface area contributed by atoms with Crippen molar-refractivity contribution < 1.29 is 24.2 Å². The van der Waals surface area contributed by atoms with Gasteiger partial charge < -0.3 is 30.7 Å². The first kappa shape index (κ1) is 34.3. The second kappa shape index (κ2) is 16.7. The largest absolute Gasteiger partial charge is 0.508 e. The van der Waals surface area contributed by atoms with Crippen LogP contribution >= 0.6 is 0 Å². The van der Waals surface area contributed by atoms with Crippen LogP contribution in [0.15, 0.2) is 66.7 Å². The Hall–Kier alpha value is -4.53. The maximum atomic E-state index is 13.8. The monoisotopic (exact) mass is 628 g/mol. The van der Waals surface area contributed by atoms with E-state index in [1.54, 1.807) is 30.9 Å². The molecule has 4 N–H and O–H groups in total. The first-order valence-corrected chi connectivity index (χ1v) is 16.3. The molecular formula is C37H48N4O5. The van der Waals surface area contributed by atoms with E-state index in [4.69, 9.17) is 4.74 Å². The molecule has 1 saturated heterocycles. The summed E-state index contributed by atoms with van der Waals surface area (Å²) in [6, 6.07) is 18.7. The van der Waals surface area contributed by atoms with Gasteiger partial charge in [0, 0.05) is 25.2 Å². The SMILES string of the molecule is Cc1cc(NC(=O)[C@H](Cc2ccc(OCc3ccccc3)cc2)NC(=O)[C@H](CC(C)C)NC(=O)N2CCCCCC2)c(C)cc1O. The number of aryl methyl sites for hydroxylation is 2.